The van der Waals surface area contributed by atoms with Crippen molar-refractivity contribution < 1.29 is 14.5 Å². The molecule has 29 heavy (non-hydrogen) atoms. The lowest BCUT2D eigenvalue weighted by Crippen LogP contribution is -2.43. The van der Waals surface area contributed by atoms with Crippen molar-refractivity contribution in [2.24, 2.45) is 5.73 Å². The number of carbonyl (C=O) groups excluding carboxylic acids is 2. The van der Waals surface area contributed by atoms with E-state index in [0.29, 0.717) is 23.5 Å². The number of nitrogens with zero attached hydrogens (tertiary/aromatic N) is 2. The summed E-state index contributed by atoms with van der Waals surface area (Å²) in [5.74, 6) is -0.625. The van der Waals surface area contributed by atoms with E-state index in [1.165, 1.54) is 17.8 Å². The molecular formula is C20H22ClN3O4S. The number of hydrogen-bond acceptors (Lipinski definition) is 6. The van der Waals surface area contributed by atoms with Crippen LogP contribution in [0.3, 0.4) is 0 Å². The normalized spacial score (nSPS) is 14.2. The fraction of sp³-hybridized carbons (Fsp3) is 0.300. The van der Waals surface area contributed by atoms with Gasteiger partial charge in [-0.25, -0.2) is 0 Å². The van der Waals surface area contributed by atoms with Gasteiger partial charge in [0.2, 0.25) is 0 Å². The Morgan fingerprint density at radius 1 is 1.14 bits per heavy atom. The van der Waals surface area contributed by atoms with Crippen molar-refractivity contribution in [2.45, 2.75) is 23.8 Å². The molecule has 1 heterocycles. The number of halogens is 1. The number of likely N-dealkylation sites (tertiary alicyclic amines) is 1. The summed E-state index contributed by atoms with van der Waals surface area (Å²) in [6.07, 6.45) is 3.19. The summed E-state index contributed by atoms with van der Waals surface area (Å²) in [5, 5.41) is 11.3. The van der Waals surface area contributed by atoms with Crippen molar-refractivity contribution in [1.82, 2.24) is 4.90 Å². The van der Waals surface area contributed by atoms with E-state index in [4.69, 9.17) is 5.73 Å². The molecule has 0 aliphatic carbocycles. The van der Waals surface area contributed by atoms with Crippen LogP contribution in [0.25, 0.3) is 0 Å². The smallest absolute Gasteiger partial charge is 0.283 e. The second kappa shape index (κ2) is 9.87. The number of rotatable bonds is 5. The molecule has 3 rings (SSSR count). The molecule has 2 N–H and O–H groups in total. The quantitative estimate of drug-likeness (QED) is 0.333. The molecule has 0 radical (unpaired) electrons. The maximum atomic E-state index is 13.1. The molecular weight excluding hydrogens is 414 g/mol. The predicted octanol–water partition coefficient (Wildman–Crippen LogP) is 3.53. The zero-order chi connectivity index (χ0) is 20.3. The SMILES string of the molecule is CSc1ccc(C(=O)c2ccccc2C(=O)N2CCC(N)CC2)cc1[N+](=O)[O-].Cl. The van der Waals surface area contributed by atoms with Gasteiger partial charge in [0.15, 0.2) is 5.78 Å². The van der Waals surface area contributed by atoms with Crippen LogP contribution in [0.4, 0.5) is 5.69 Å². The fourth-order valence-electron chi connectivity index (χ4n) is 3.27. The average molecular weight is 436 g/mol. The number of piperidine rings is 1. The maximum absolute atomic E-state index is 13.1. The first-order chi connectivity index (χ1) is 13.4. The van der Waals surface area contributed by atoms with Crippen LogP contribution in [0.5, 0.6) is 0 Å². The lowest BCUT2D eigenvalue weighted by Gasteiger charge is -2.30. The highest BCUT2D eigenvalue weighted by Crippen LogP contribution is 2.29. The zero-order valence-electron chi connectivity index (χ0n) is 15.9. The first-order valence-electron chi connectivity index (χ1n) is 8.93. The van der Waals surface area contributed by atoms with Gasteiger partial charge < -0.3 is 10.6 Å². The number of benzene rings is 2. The maximum Gasteiger partial charge on any atom is 0.283 e. The van der Waals surface area contributed by atoms with E-state index >= 15 is 0 Å². The van der Waals surface area contributed by atoms with Gasteiger partial charge in [-0.05, 0) is 37.3 Å². The summed E-state index contributed by atoms with van der Waals surface area (Å²) in [7, 11) is 0. The van der Waals surface area contributed by atoms with Crippen molar-refractivity contribution >= 4 is 41.5 Å². The van der Waals surface area contributed by atoms with Crippen LogP contribution in [-0.4, -0.2) is 46.9 Å². The van der Waals surface area contributed by atoms with Crippen LogP contribution in [0.15, 0.2) is 47.4 Å². The van der Waals surface area contributed by atoms with E-state index in [1.54, 1.807) is 47.6 Å². The number of nitrogens with two attached hydrogens (primary N) is 1. The molecule has 1 aliphatic rings. The van der Waals surface area contributed by atoms with E-state index in [9.17, 15) is 19.7 Å². The molecule has 2 aromatic rings. The largest absolute Gasteiger partial charge is 0.339 e. The standard InChI is InChI=1S/C20H21N3O4S.ClH/c1-28-18-7-6-13(12-17(18)23(26)27)19(24)15-4-2-3-5-16(15)20(25)22-10-8-14(21)9-11-22;/h2-7,12,14H,8-11,21H2,1H3;1H. The zero-order valence-corrected chi connectivity index (χ0v) is 17.5. The summed E-state index contributed by atoms with van der Waals surface area (Å²) >= 11 is 1.24. The van der Waals surface area contributed by atoms with Crippen molar-refractivity contribution in [2.75, 3.05) is 19.3 Å². The Bertz CT molecular complexity index is 930. The Morgan fingerprint density at radius 2 is 1.76 bits per heavy atom. The highest BCUT2D eigenvalue weighted by atomic mass is 35.5. The van der Waals surface area contributed by atoms with E-state index in [-0.39, 0.29) is 41.2 Å². The van der Waals surface area contributed by atoms with E-state index in [2.05, 4.69) is 0 Å². The lowest BCUT2D eigenvalue weighted by atomic mass is 9.96. The predicted molar refractivity (Wildman–Crippen MR) is 115 cm³/mol. The highest BCUT2D eigenvalue weighted by molar-refractivity contribution is 7.98. The topological polar surface area (TPSA) is 107 Å². The molecule has 154 valence electrons. The number of carbonyl (C=O) groups is 2. The minimum atomic E-state index is -0.503. The van der Waals surface area contributed by atoms with Crippen LogP contribution < -0.4 is 5.73 Å². The van der Waals surface area contributed by atoms with Crippen LogP contribution in [-0.2, 0) is 0 Å². The van der Waals surface area contributed by atoms with Crippen molar-refractivity contribution in [3.63, 3.8) is 0 Å². The van der Waals surface area contributed by atoms with Crippen LogP contribution in [0.2, 0.25) is 0 Å². The van der Waals surface area contributed by atoms with E-state index in [1.807, 2.05) is 0 Å². The van der Waals surface area contributed by atoms with Gasteiger partial charge in [0.1, 0.15) is 0 Å². The molecule has 1 fully saturated rings. The van der Waals surface area contributed by atoms with Gasteiger partial charge in [-0.15, -0.1) is 24.2 Å². The second-order valence-electron chi connectivity index (χ2n) is 6.65. The Hall–Kier alpha value is -2.42. The average Bonchev–Trinajstić information content (AvgIpc) is 2.72. The van der Waals surface area contributed by atoms with Gasteiger partial charge in [-0.3, -0.25) is 19.7 Å². The third-order valence-electron chi connectivity index (χ3n) is 4.87. The van der Waals surface area contributed by atoms with Crippen molar-refractivity contribution in [1.29, 1.82) is 0 Å². The molecule has 0 saturated carbocycles. The third-order valence-corrected chi connectivity index (χ3v) is 5.65. The number of nitro benzene ring substituents is 1. The Labute approximate surface area is 179 Å². The van der Waals surface area contributed by atoms with Gasteiger partial charge in [-0.1, -0.05) is 18.2 Å². The van der Waals surface area contributed by atoms with Crippen LogP contribution in [0.1, 0.15) is 39.1 Å². The summed E-state index contributed by atoms with van der Waals surface area (Å²) in [6, 6.07) is 11.1. The molecule has 1 aliphatic heterocycles. The molecule has 7 nitrogen and oxygen atoms in total. The van der Waals surface area contributed by atoms with E-state index in [0.717, 1.165) is 12.8 Å². The van der Waals surface area contributed by atoms with Gasteiger partial charge in [0.25, 0.3) is 11.6 Å². The molecule has 0 spiro atoms. The Kier molecular flexibility index (Phi) is 7.78. The third kappa shape index (κ3) is 4.95. The number of hydrogen-bond donors (Lipinski definition) is 1. The van der Waals surface area contributed by atoms with Crippen LogP contribution in [0, 0.1) is 10.1 Å². The first-order valence-corrected chi connectivity index (χ1v) is 10.2. The summed E-state index contributed by atoms with van der Waals surface area (Å²) in [6.45, 7) is 1.10. The molecule has 0 bridgehead atoms. The monoisotopic (exact) mass is 435 g/mol. The van der Waals surface area contributed by atoms with Crippen LogP contribution >= 0.6 is 24.2 Å². The number of ketones is 1. The molecule has 1 amide bonds. The van der Waals surface area contributed by atoms with Gasteiger partial charge in [0.05, 0.1) is 15.4 Å². The molecule has 0 atom stereocenters. The highest BCUT2D eigenvalue weighted by Gasteiger charge is 2.26. The number of thioether (sulfide) groups is 1. The Morgan fingerprint density at radius 3 is 2.34 bits per heavy atom. The second-order valence-corrected chi connectivity index (χ2v) is 7.50. The van der Waals surface area contributed by atoms with Gasteiger partial charge >= 0.3 is 0 Å². The van der Waals surface area contributed by atoms with Crippen molar-refractivity contribution in [3.05, 3.63) is 69.3 Å². The van der Waals surface area contributed by atoms with Gasteiger partial charge in [-0.2, -0.15) is 0 Å². The number of amides is 1. The summed E-state index contributed by atoms with van der Waals surface area (Å²) < 4.78 is 0. The molecule has 9 heteroatoms. The molecule has 2 aromatic carbocycles. The van der Waals surface area contributed by atoms with Crippen molar-refractivity contribution in [3.8, 4) is 0 Å². The van der Waals surface area contributed by atoms with Gasteiger partial charge in [0, 0.05) is 36.3 Å². The lowest BCUT2D eigenvalue weighted by molar-refractivity contribution is -0.387. The van der Waals surface area contributed by atoms with E-state index < -0.39 is 10.7 Å². The summed E-state index contributed by atoms with van der Waals surface area (Å²) in [4.78, 5) is 39.0. The molecule has 0 unspecified atom stereocenters. The Balaban J connectivity index is 0.00000300. The number of nitro groups is 1. The minimum Gasteiger partial charge on any atom is -0.339 e. The summed E-state index contributed by atoms with van der Waals surface area (Å²) in [5.41, 5.74) is 6.52. The molecule has 0 aromatic heterocycles. The molecule has 1 saturated heterocycles. The minimum absolute atomic E-state index is 0. The first kappa shape index (κ1) is 22.9. The fourth-order valence-corrected chi connectivity index (χ4v) is 3.82.